The number of carbonyl (C=O) groups is 2. The summed E-state index contributed by atoms with van der Waals surface area (Å²) in [5.41, 5.74) is 0. The van der Waals surface area contributed by atoms with Crippen LogP contribution >= 0.6 is 0 Å². The fourth-order valence-electron chi connectivity index (χ4n) is 6.15. The number of aliphatic hydroxyl groups excluding tert-OH is 8. The molecule has 0 aromatic carbocycles. The van der Waals surface area contributed by atoms with Crippen LogP contribution in [0.15, 0.2) is 0 Å². The highest BCUT2D eigenvalue weighted by atomic mass is 16.7. The van der Waals surface area contributed by atoms with Gasteiger partial charge in [0.15, 0.2) is 6.29 Å². The second-order valence-electron chi connectivity index (χ2n) is 11.0. The Morgan fingerprint density at radius 2 is 1.41 bits per heavy atom. The van der Waals surface area contributed by atoms with Crippen molar-refractivity contribution in [1.82, 2.24) is 0 Å². The molecule has 39 heavy (non-hydrogen) atoms. The Bertz CT molecular complexity index is 845. The van der Waals surface area contributed by atoms with Gasteiger partial charge in [-0.1, -0.05) is 0 Å². The summed E-state index contributed by atoms with van der Waals surface area (Å²) in [5.74, 6) is -3.54. The molecule has 0 radical (unpaired) electrons. The molecule has 2 heterocycles. The standard InChI is InChI=1S/C24H38O15/c25-9-3-11(26)10-5-15(23(37-14(10)4-9)8-1-12(27)19(32)13(28)2-8)38-24-22(35)21(34)20(33)16(39-24)7-36-18(31)6-17(29)30/h8-16,19-28,32-35H,1-7H2,(H,29,30)/t8?,9?,10?,11?,12?,13?,14?,15?,16-,19?,20-,21+,22-,23?,24-/m1/s1. The Labute approximate surface area is 223 Å². The zero-order valence-electron chi connectivity index (χ0n) is 21.1. The van der Waals surface area contributed by atoms with E-state index in [0.717, 1.165) is 0 Å². The molecule has 4 aliphatic rings. The Kier molecular flexibility index (Phi) is 9.81. The molecular weight excluding hydrogens is 528 g/mol. The van der Waals surface area contributed by atoms with Crippen molar-refractivity contribution in [2.75, 3.05) is 6.61 Å². The zero-order valence-corrected chi connectivity index (χ0v) is 21.1. The topological polar surface area (TPSA) is 253 Å². The van der Waals surface area contributed by atoms with Gasteiger partial charge in [0.25, 0.3) is 0 Å². The van der Waals surface area contributed by atoms with Gasteiger partial charge in [0.1, 0.15) is 43.5 Å². The fraction of sp³-hybridized carbons (Fsp3) is 0.917. The molecule has 2 aliphatic carbocycles. The average molecular weight is 567 g/mol. The molecule has 224 valence electrons. The number of fused-ring (bicyclic) bond motifs is 1. The van der Waals surface area contributed by atoms with E-state index in [2.05, 4.69) is 0 Å². The Hall–Kier alpha value is -1.50. The molecule has 0 aromatic heterocycles. The van der Waals surface area contributed by atoms with Crippen LogP contribution in [0.5, 0.6) is 0 Å². The number of carbonyl (C=O) groups excluding carboxylic acids is 1. The van der Waals surface area contributed by atoms with Gasteiger partial charge in [0, 0.05) is 5.92 Å². The zero-order chi connectivity index (χ0) is 28.6. The van der Waals surface area contributed by atoms with Crippen molar-refractivity contribution in [2.45, 2.75) is 118 Å². The highest BCUT2D eigenvalue weighted by Gasteiger charge is 2.52. The van der Waals surface area contributed by atoms with E-state index >= 15 is 0 Å². The lowest BCUT2D eigenvalue weighted by atomic mass is 9.72. The van der Waals surface area contributed by atoms with E-state index in [-0.39, 0.29) is 32.1 Å². The van der Waals surface area contributed by atoms with Crippen LogP contribution in [0, 0.1) is 11.8 Å². The van der Waals surface area contributed by atoms with E-state index in [9.17, 15) is 50.4 Å². The molecular formula is C24H38O15. The molecule has 15 heteroatoms. The van der Waals surface area contributed by atoms with Crippen LogP contribution < -0.4 is 0 Å². The number of hydrogen-bond acceptors (Lipinski definition) is 14. The first-order valence-electron chi connectivity index (χ1n) is 13.1. The summed E-state index contributed by atoms with van der Waals surface area (Å²) in [6, 6.07) is 0. The first-order valence-corrected chi connectivity index (χ1v) is 13.1. The van der Waals surface area contributed by atoms with Crippen LogP contribution in [-0.4, -0.2) is 144 Å². The monoisotopic (exact) mass is 566 g/mol. The van der Waals surface area contributed by atoms with Crippen molar-refractivity contribution in [3.63, 3.8) is 0 Å². The molecule has 0 aromatic rings. The van der Waals surface area contributed by atoms with Crippen molar-refractivity contribution in [1.29, 1.82) is 0 Å². The SMILES string of the molecule is O=C(O)CC(=O)OC[C@H]1O[C@@H](OC2CC3C(O)CC(O)CC3OC2C2CC(O)C(O)C(O)C2)[C@H](O)[C@@H](O)[C@@H]1O. The summed E-state index contributed by atoms with van der Waals surface area (Å²) in [5, 5.41) is 91.4. The first-order chi connectivity index (χ1) is 18.3. The second-order valence-corrected chi connectivity index (χ2v) is 11.0. The maximum absolute atomic E-state index is 11.6. The lowest BCUT2D eigenvalue weighted by molar-refractivity contribution is -0.334. The Balaban J connectivity index is 1.51. The minimum Gasteiger partial charge on any atom is -0.481 e. The molecule has 2 aliphatic heterocycles. The van der Waals surface area contributed by atoms with Gasteiger partial charge in [0.2, 0.25) is 0 Å². The maximum atomic E-state index is 11.6. The molecule has 0 amide bonds. The first kappa shape index (κ1) is 30.5. The molecule has 15 nitrogen and oxygen atoms in total. The van der Waals surface area contributed by atoms with E-state index in [1.807, 2.05) is 0 Å². The highest BCUT2D eigenvalue weighted by molar-refractivity contribution is 5.90. The molecule has 4 rings (SSSR count). The molecule has 8 unspecified atom stereocenters. The fourth-order valence-corrected chi connectivity index (χ4v) is 6.15. The number of ether oxygens (including phenoxy) is 4. The van der Waals surface area contributed by atoms with Gasteiger partial charge in [-0.05, 0) is 38.0 Å². The van der Waals surface area contributed by atoms with Crippen molar-refractivity contribution in [3.8, 4) is 0 Å². The van der Waals surface area contributed by atoms with Crippen molar-refractivity contribution < 1.29 is 74.5 Å². The summed E-state index contributed by atoms with van der Waals surface area (Å²) >= 11 is 0. The van der Waals surface area contributed by atoms with E-state index < -0.39 is 116 Å². The van der Waals surface area contributed by atoms with Crippen LogP contribution in [0.2, 0.25) is 0 Å². The summed E-state index contributed by atoms with van der Waals surface area (Å²) in [7, 11) is 0. The van der Waals surface area contributed by atoms with Crippen LogP contribution in [0.4, 0.5) is 0 Å². The summed E-state index contributed by atoms with van der Waals surface area (Å²) in [4.78, 5) is 22.3. The third-order valence-electron chi connectivity index (χ3n) is 8.22. The van der Waals surface area contributed by atoms with Crippen molar-refractivity contribution >= 4 is 11.9 Å². The van der Waals surface area contributed by atoms with E-state index in [0.29, 0.717) is 0 Å². The second kappa shape index (κ2) is 12.6. The minimum atomic E-state index is -1.79. The van der Waals surface area contributed by atoms with Gasteiger partial charge >= 0.3 is 11.9 Å². The lowest BCUT2D eigenvalue weighted by Gasteiger charge is -2.51. The normalized spacial score (nSPS) is 48.7. The molecule has 13 atom stereocenters. The predicted octanol–water partition coefficient (Wildman–Crippen LogP) is -4.02. The molecule has 2 saturated heterocycles. The van der Waals surface area contributed by atoms with Crippen molar-refractivity contribution in [2.24, 2.45) is 11.8 Å². The van der Waals surface area contributed by atoms with E-state index in [1.54, 1.807) is 0 Å². The highest BCUT2D eigenvalue weighted by Crippen LogP contribution is 2.43. The third kappa shape index (κ3) is 6.87. The number of aliphatic carboxylic acids is 1. The van der Waals surface area contributed by atoms with Crippen LogP contribution in [0.25, 0.3) is 0 Å². The quantitative estimate of drug-likeness (QED) is 0.105. The molecule has 0 spiro atoms. The molecule has 4 fully saturated rings. The van der Waals surface area contributed by atoms with Crippen LogP contribution in [0.3, 0.4) is 0 Å². The summed E-state index contributed by atoms with van der Waals surface area (Å²) in [6.45, 7) is -0.637. The number of aliphatic hydroxyl groups is 8. The number of carboxylic acid groups (broad SMARTS) is 1. The maximum Gasteiger partial charge on any atom is 0.317 e. The minimum absolute atomic E-state index is 0.0445. The predicted molar refractivity (Wildman–Crippen MR) is 124 cm³/mol. The van der Waals surface area contributed by atoms with Crippen LogP contribution in [0.1, 0.15) is 38.5 Å². The van der Waals surface area contributed by atoms with Crippen LogP contribution in [-0.2, 0) is 28.5 Å². The number of rotatable bonds is 7. The Morgan fingerprint density at radius 3 is 2.05 bits per heavy atom. The van der Waals surface area contributed by atoms with Crippen molar-refractivity contribution in [3.05, 3.63) is 0 Å². The van der Waals surface area contributed by atoms with Gasteiger partial charge in [0.05, 0.1) is 42.7 Å². The summed E-state index contributed by atoms with van der Waals surface area (Å²) < 4.78 is 22.7. The average Bonchev–Trinajstić information content (AvgIpc) is 2.86. The molecule has 2 saturated carbocycles. The number of carboxylic acids is 1. The van der Waals surface area contributed by atoms with Gasteiger partial charge in [-0.3, -0.25) is 9.59 Å². The molecule has 0 bridgehead atoms. The molecule has 9 N–H and O–H groups in total. The largest absolute Gasteiger partial charge is 0.481 e. The lowest BCUT2D eigenvalue weighted by Crippen LogP contribution is -2.62. The van der Waals surface area contributed by atoms with Gasteiger partial charge in [-0.2, -0.15) is 0 Å². The number of hydrogen-bond donors (Lipinski definition) is 9. The Morgan fingerprint density at radius 1 is 0.744 bits per heavy atom. The third-order valence-corrected chi connectivity index (χ3v) is 8.22. The number of esters is 1. The smallest absolute Gasteiger partial charge is 0.317 e. The van der Waals surface area contributed by atoms with Gasteiger partial charge in [-0.25, -0.2) is 0 Å². The van der Waals surface area contributed by atoms with E-state index in [4.69, 9.17) is 24.1 Å². The van der Waals surface area contributed by atoms with E-state index in [1.165, 1.54) is 0 Å². The summed E-state index contributed by atoms with van der Waals surface area (Å²) in [6.07, 6.45) is -16.4. The van der Waals surface area contributed by atoms with Gasteiger partial charge in [-0.15, -0.1) is 0 Å². The van der Waals surface area contributed by atoms with Gasteiger partial charge < -0.3 is 64.9 Å².